The Morgan fingerprint density at radius 2 is 1.87 bits per heavy atom. The van der Waals surface area contributed by atoms with Gasteiger partial charge in [-0.15, -0.1) is 0 Å². The maximum atomic E-state index is 11.5. The fraction of sp³-hybridized carbons (Fsp3) is 0.419. The molecule has 0 saturated heterocycles. The van der Waals surface area contributed by atoms with Crippen LogP contribution in [-0.4, -0.2) is 55.3 Å². The molecule has 0 unspecified atom stereocenters. The molecular weight excluding hydrogens is 494 g/mol. The topological polar surface area (TPSA) is 85.6 Å². The van der Waals surface area contributed by atoms with Crippen molar-refractivity contribution in [2.45, 2.75) is 58.3 Å². The molecular formula is C31H37N3O5. The predicted octanol–water partition coefficient (Wildman–Crippen LogP) is 5.16. The minimum Gasteiger partial charge on any atom is -0.497 e. The van der Waals surface area contributed by atoms with Crippen molar-refractivity contribution in [3.05, 3.63) is 76.6 Å². The molecule has 2 aliphatic rings. The van der Waals surface area contributed by atoms with E-state index in [0.717, 1.165) is 42.8 Å². The van der Waals surface area contributed by atoms with Crippen LogP contribution in [0.1, 0.15) is 53.9 Å². The minimum atomic E-state index is -1.06. The first-order valence-corrected chi connectivity index (χ1v) is 13.5. The number of anilines is 1. The Bertz CT molecular complexity index is 1360. The van der Waals surface area contributed by atoms with E-state index in [0.29, 0.717) is 35.1 Å². The average molecular weight is 532 g/mol. The molecule has 1 N–H and O–H groups in total. The lowest BCUT2D eigenvalue weighted by molar-refractivity contribution is 0.0513. The number of oxime groups is 1. The summed E-state index contributed by atoms with van der Waals surface area (Å²) in [6.45, 7) is 7.77. The van der Waals surface area contributed by atoms with Crippen molar-refractivity contribution in [2.75, 3.05) is 32.2 Å². The Hall–Kier alpha value is -3.78. The van der Waals surface area contributed by atoms with Gasteiger partial charge in [0, 0.05) is 17.8 Å². The monoisotopic (exact) mass is 531 g/mol. The third kappa shape index (κ3) is 5.66. The van der Waals surface area contributed by atoms with E-state index in [2.05, 4.69) is 30.0 Å². The molecule has 0 spiro atoms. The Labute approximate surface area is 230 Å². The third-order valence-electron chi connectivity index (χ3n) is 7.47. The van der Waals surface area contributed by atoms with Crippen molar-refractivity contribution >= 4 is 11.4 Å². The first-order valence-electron chi connectivity index (χ1n) is 13.5. The van der Waals surface area contributed by atoms with Gasteiger partial charge >= 0.3 is 0 Å². The minimum absolute atomic E-state index is 0.232. The number of aryl methyl sites for hydroxylation is 3. The number of benzene rings is 2. The number of aliphatic hydroxyl groups is 1. The SMILES string of the molecule is COc1cccc([C@@H]2Oc3ccc(OC)cc3/C(=N/O[C@@H](C)CN3CCCCc4nc(C)c(C)cc43)[C@@H]2O)c1. The summed E-state index contributed by atoms with van der Waals surface area (Å²) in [5.74, 6) is 1.93. The molecule has 3 atom stereocenters. The van der Waals surface area contributed by atoms with Gasteiger partial charge in [0.2, 0.25) is 0 Å². The van der Waals surface area contributed by atoms with Crippen molar-refractivity contribution in [2.24, 2.45) is 5.16 Å². The van der Waals surface area contributed by atoms with Crippen molar-refractivity contribution in [1.29, 1.82) is 0 Å². The number of hydrogen-bond donors (Lipinski definition) is 1. The second-order valence-electron chi connectivity index (χ2n) is 10.3. The Kier molecular flexibility index (Phi) is 7.93. The molecule has 0 bridgehead atoms. The van der Waals surface area contributed by atoms with Gasteiger partial charge in [0.05, 0.1) is 32.1 Å². The molecule has 206 valence electrons. The molecule has 0 aliphatic carbocycles. The van der Waals surface area contributed by atoms with Crippen molar-refractivity contribution < 1.29 is 24.2 Å². The number of hydrogen-bond acceptors (Lipinski definition) is 8. The normalized spacial score (nSPS) is 20.4. The zero-order valence-electron chi connectivity index (χ0n) is 23.3. The van der Waals surface area contributed by atoms with Crippen LogP contribution in [0, 0.1) is 13.8 Å². The summed E-state index contributed by atoms with van der Waals surface area (Å²) in [7, 11) is 3.22. The zero-order chi connectivity index (χ0) is 27.5. The van der Waals surface area contributed by atoms with Gasteiger partial charge in [0.1, 0.15) is 35.2 Å². The summed E-state index contributed by atoms with van der Waals surface area (Å²) in [5.41, 5.74) is 6.42. The number of methoxy groups -OCH3 is 2. The van der Waals surface area contributed by atoms with Gasteiger partial charge in [0.25, 0.3) is 0 Å². The van der Waals surface area contributed by atoms with E-state index in [9.17, 15) is 5.11 Å². The first kappa shape index (κ1) is 26.8. The largest absolute Gasteiger partial charge is 0.497 e. The second kappa shape index (κ2) is 11.5. The fourth-order valence-electron chi connectivity index (χ4n) is 5.21. The van der Waals surface area contributed by atoms with E-state index in [1.807, 2.05) is 49.4 Å². The highest BCUT2D eigenvalue weighted by Gasteiger charge is 2.37. The average Bonchev–Trinajstić information content (AvgIpc) is 3.13. The highest BCUT2D eigenvalue weighted by Crippen LogP contribution is 2.38. The molecule has 3 aromatic rings. The lowest BCUT2D eigenvalue weighted by Crippen LogP contribution is -2.38. The summed E-state index contributed by atoms with van der Waals surface area (Å²) in [6, 6.07) is 15.2. The van der Waals surface area contributed by atoms with Crippen molar-refractivity contribution in [3.63, 3.8) is 0 Å². The fourth-order valence-corrected chi connectivity index (χ4v) is 5.21. The first-order chi connectivity index (χ1) is 18.9. The van der Waals surface area contributed by atoms with Gasteiger partial charge in [0.15, 0.2) is 6.10 Å². The van der Waals surface area contributed by atoms with E-state index in [1.165, 1.54) is 11.3 Å². The van der Waals surface area contributed by atoms with Crippen LogP contribution in [0.3, 0.4) is 0 Å². The quantitative estimate of drug-likeness (QED) is 0.422. The maximum Gasteiger partial charge on any atom is 0.156 e. The van der Waals surface area contributed by atoms with Gasteiger partial charge in [-0.2, -0.15) is 0 Å². The molecule has 2 aromatic carbocycles. The Balaban J connectivity index is 1.42. The molecule has 8 heteroatoms. The van der Waals surface area contributed by atoms with Crippen LogP contribution in [0.4, 0.5) is 5.69 Å². The highest BCUT2D eigenvalue weighted by molar-refractivity contribution is 6.07. The molecule has 8 nitrogen and oxygen atoms in total. The number of nitrogens with zero attached hydrogens (tertiary/aromatic N) is 3. The van der Waals surface area contributed by atoms with E-state index in [4.69, 9.17) is 24.0 Å². The number of aromatic nitrogens is 1. The summed E-state index contributed by atoms with van der Waals surface area (Å²) in [4.78, 5) is 13.3. The van der Waals surface area contributed by atoms with Crippen LogP contribution in [-0.2, 0) is 11.3 Å². The van der Waals surface area contributed by atoms with Gasteiger partial charge < -0.3 is 29.1 Å². The van der Waals surface area contributed by atoms with Crippen LogP contribution >= 0.6 is 0 Å². The lowest BCUT2D eigenvalue weighted by Gasteiger charge is -2.32. The van der Waals surface area contributed by atoms with Gasteiger partial charge in [-0.1, -0.05) is 17.3 Å². The summed E-state index contributed by atoms with van der Waals surface area (Å²) >= 11 is 0. The second-order valence-corrected chi connectivity index (χ2v) is 10.3. The molecule has 2 aliphatic heterocycles. The predicted molar refractivity (Wildman–Crippen MR) is 151 cm³/mol. The Morgan fingerprint density at radius 3 is 2.67 bits per heavy atom. The molecule has 3 heterocycles. The highest BCUT2D eigenvalue weighted by atomic mass is 16.6. The molecule has 5 rings (SSSR count). The van der Waals surface area contributed by atoms with Gasteiger partial charge in [-0.05, 0) is 87.6 Å². The number of rotatable bonds is 7. The van der Waals surface area contributed by atoms with Gasteiger partial charge in [-0.3, -0.25) is 4.98 Å². The van der Waals surface area contributed by atoms with Crippen LogP contribution < -0.4 is 19.1 Å². The molecule has 39 heavy (non-hydrogen) atoms. The third-order valence-corrected chi connectivity index (χ3v) is 7.47. The number of aliphatic hydroxyl groups excluding tert-OH is 1. The molecule has 0 amide bonds. The Morgan fingerprint density at radius 1 is 1.08 bits per heavy atom. The molecule has 0 saturated carbocycles. The van der Waals surface area contributed by atoms with E-state index >= 15 is 0 Å². The summed E-state index contributed by atoms with van der Waals surface area (Å²) in [6.07, 6.45) is 1.24. The van der Waals surface area contributed by atoms with E-state index in [1.54, 1.807) is 14.2 Å². The molecule has 0 fully saturated rings. The van der Waals surface area contributed by atoms with Crippen LogP contribution in [0.15, 0.2) is 53.7 Å². The number of pyridine rings is 1. The van der Waals surface area contributed by atoms with Crippen LogP contribution in [0.25, 0.3) is 0 Å². The van der Waals surface area contributed by atoms with E-state index < -0.39 is 12.2 Å². The lowest BCUT2D eigenvalue weighted by atomic mass is 9.92. The number of fused-ring (bicyclic) bond motifs is 2. The summed E-state index contributed by atoms with van der Waals surface area (Å²) in [5, 5.41) is 16.0. The molecule has 1 aromatic heterocycles. The van der Waals surface area contributed by atoms with Crippen LogP contribution in [0.2, 0.25) is 0 Å². The number of ether oxygens (including phenoxy) is 3. The van der Waals surface area contributed by atoms with Crippen LogP contribution in [0.5, 0.6) is 17.2 Å². The zero-order valence-corrected chi connectivity index (χ0v) is 23.3. The van der Waals surface area contributed by atoms with E-state index in [-0.39, 0.29) is 6.10 Å². The van der Waals surface area contributed by atoms with Crippen molar-refractivity contribution in [1.82, 2.24) is 4.98 Å². The maximum absolute atomic E-state index is 11.5. The molecule has 0 radical (unpaired) electrons. The van der Waals surface area contributed by atoms with Crippen molar-refractivity contribution in [3.8, 4) is 17.2 Å². The standard InChI is InChI=1S/C31H37N3O5/c1-19-15-27-26(32-21(19)3)11-6-7-14-34(27)18-20(2)39-33-29-25-17-24(37-5)12-13-28(25)38-31(30(29)35)22-9-8-10-23(16-22)36-4/h8-10,12-13,15-17,20,30-31,35H,6-7,11,14,18H2,1-5H3/b33-29-/t20-,30-,31-/m0/s1. The van der Waals surface area contributed by atoms with Gasteiger partial charge in [-0.25, -0.2) is 0 Å². The smallest absolute Gasteiger partial charge is 0.156 e. The summed E-state index contributed by atoms with van der Waals surface area (Å²) < 4.78 is 17.1.